The molecule has 2 atom stereocenters. The van der Waals surface area contributed by atoms with Gasteiger partial charge in [0.05, 0.1) is 25.4 Å². The number of carbonyl (C=O) groups excluding carboxylic acids is 2. The highest BCUT2D eigenvalue weighted by Crippen LogP contribution is 2.16. The molecule has 2 unspecified atom stereocenters. The molecule has 0 rings (SSSR count). The Kier molecular flexibility index (Phi) is 51.1. The van der Waals surface area contributed by atoms with Gasteiger partial charge in [0.1, 0.15) is 0 Å². The summed E-state index contributed by atoms with van der Waals surface area (Å²) in [6, 6.07) is -0.568. The minimum atomic E-state index is -0.687. The summed E-state index contributed by atoms with van der Waals surface area (Å²) in [5.74, 6) is -0.114. The van der Waals surface area contributed by atoms with Crippen molar-refractivity contribution in [1.29, 1.82) is 0 Å². The van der Waals surface area contributed by atoms with Crippen molar-refractivity contribution in [3.05, 3.63) is 36.5 Å². The zero-order valence-electron chi connectivity index (χ0n) is 42.1. The number of carbonyl (C=O) groups is 2. The molecule has 6 nitrogen and oxygen atoms in total. The number of aliphatic hydroxyl groups is 2. The summed E-state index contributed by atoms with van der Waals surface area (Å²) < 4.78 is 5.44. The molecular weight excluding hydrogens is 779 g/mol. The van der Waals surface area contributed by atoms with Gasteiger partial charge in [-0.05, 0) is 83.5 Å². The van der Waals surface area contributed by atoms with Crippen molar-refractivity contribution >= 4 is 11.9 Å². The fourth-order valence-electron chi connectivity index (χ4n) is 8.37. The molecule has 0 aromatic heterocycles. The predicted molar refractivity (Wildman–Crippen MR) is 273 cm³/mol. The summed E-state index contributed by atoms with van der Waals surface area (Å²) in [5.41, 5.74) is 0. The molecule has 0 aliphatic rings. The number of ether oxygens (including phenoxy) is 1. The van der Waals surface area contributed by atoms with Crippen LogP contribution in [0.1, 0.15) is 290 Å². The lowest BCUT2D eigenvalue weighted by molar-refractivity contribution is -0.143. The number of esters is 1. The van der Waals surface area contributed by atoms with E-state index in [1.54, 1.807) is 0 Å². The Morgan fingerprint density at radius 3 is 1.24 bits per heavy atom. The van der Waals surface area contributed by atoms with Crippen molar-refractivity contribution in [1.82, 2.24) is 5.32 Å². The standard InChI is InChI=1S/C57H107NO5/c1-3-5-7-9-11-13-15-17-19-21-23-25-27-29-33-37-41-45-49-55(60)54(53-59)58-56(61)50-46-42-38-34-31-32-36-40-44-48-52-63-57(62)51-47-43-39-35-30-28-26-24-22-20-18-16-14-12-10-8-6-4-2/h14,16,20,22,32,36,54-55,59-60H,3-13,15,17-19,21,23-31,33-35,37-53H2,1-2H3,(H,58,61)/b16-14-,22-20-,36-32-. The predicted octanol–water partition coefficient (Wildman–Crippen LogP) is 16.9. The molecule has 3 N–H and O–H groups in total. The number of aliphatic hydroxyl groups excluding tert-OH is 2. The number of allylic oxidation sites excluding steroid dienone is 6. The van der Waals surface area contributed by atoms with E-state index in [2.05, 4.69) is 55.6 Å². The first kappa shape index (κ1) is 61.1. The highest BCUT2D eigenvalue weighted by molar-refractivity contribution is 5.76. The Morgan fingerprint density at radius 1 is 0.444 bits per heavy atom. The molecule has 0 bridgehead atoms. The molecule has 0 fully saturated rings. The first-order valence-electron chi connectivity index (χ1n) is 27.7. The lowest BCUT2D eigenvalue weighted by Gasteiger charge is -2.22. The normalized spacial score (nSPS) is 12.9. The van der Waals surface area contributed by atoms with E-state index in [1.807, 2.05) is 0 Å². The minimum absolute atomic E-state index is 0.0435. The lowest BCUT2D eigenvalue weighted by atomic mass is 10.0. The van der Waals surface area contributed by atoms with Crippen LogP contribution < -0.4 is 5.32 Å². The van der Waals surface area contributed by atoms with Crippen LogP contribution >= 0.6 is 0 Å². The Hall–Kier alpha value is -1.92. The Morgan fingerprint density at radius 2 is 0.794 bits per heavy atom. The highest BCUT2D eigenvalue weighted by Gasteiger charge is 2.20. The van der Waals surface area contributed by atoms with E-state index in [4.69, 9.17) is 4.74 Å². The second-order valence-electron chi connectivity index (χ2n) is 18.9. The number of unbranched alkanes of at least 4 members (excludes halogenated alkanes) is 34. The Bertz CT molecular complexity index is 1020. The van der Waals surface area contributed by atoms with Gasteiger partial charge in [0.15, 0.2) is 0 Å². The first-order chi connectivity index (χ1) is 31.0. The average molecular weight is 886 g/mol. The van der Waals surface area contributed by atoms with Crippen molar-refractivity contribution in [2.24, 2.45) is 0 Å². The molecule has 63 heavy (non-hydrogen) atoms. The molecule has 0 aromatic rings. The summed E-state index contributed by atoms with van der Waals surface area (Å²) in [6.45, 7) is 4.85. The fourth-order valence-corrected chi connectivity index (χ4v) is 8.37. The molecule has 0 aliphatic heterocycles. The molecular formula is C57H107NO5. The van der Waals surface area contributed by atoms with Gasteiger partial charge in [-0.3, -0.25) is 9.59 Å². The largest absolute Gasteiger partial charge is 0.466 e. The van der Waals surface area contributed by atoms with E-state index in [0.29, 0.717) is 25.9 Å². The molecule has 0 spiro atoms. The van der Waals surface area contributed by atoms with Crippen LogP contribution in [-0.2, 0) is 14.3 Å². The number of rotatable bonds is 51. The quantitative estimate of drug-likeness (QED) is 0.0321. The maximum absolute atomic E-state index is 12.5. The summed E-state index contributed by atoms with van der Waals surface area (Å²) in [4.78, 5) is 24.5. The molecule has 0 saturated heterocycles. The van der Waals surface area contributed by atoms with Gasteiger partial charge in [-0.1, -0.05) is 230 Å². The van der Waals surface area contributed by atoms with Crippen LogP contribution in [0.3, 0.4) is 0 Å². The van der Waals surface area contributed by atoms with Crippen molar-refractivity contribution in [3.63, 3.8) is 0 Å². The topological polar surface area (TPSA) is 95.9 Å². The van der Waals surface area contributed by atoms with Crippen LogP contribution in [0.4, 0.5) is 0 Å². The van der Waals surface area contributed by atoms with Crippen LogP contribution in [0.2, 0.25) is 0 Å². The van der Waals surface area contributed by atoms with Crippen molar-refractivity contribution < 1.29 is 24.5 Å². The van der Waals surface area contributed by atoms with E-state index in [9.17, 15) is 19.8 Å². The third-order valence-electron chi connectivity index (χ3n) is 12.7. The fraction of sp³-hybridized carbons (Fsp3) is 0.860. The zero-order valence-corrected chi connectivity index (χ0v) is 42.1. The molecule has 0 radical (unpaired) electrons. The molecule has 0 saturated carbocycles. The first-order valence-corrected chi connectivity index (χ1v) is 27.7. The van der Waals surface area contributed by atoms with Crippen LogP contribution in [-0.4, -0.2) is 47.4 Å². The van der Waals surface area contributed by atoms with Gasteiger partial charge < -0.3 is 20.3 Å². The summed E-state index contributed by atoms with van der Waals surface area (Å²) >= 11 is 0. The van der Waals surface area contributed by atoms with Crippen molar-refractivity contribution in [2.45, 2.75) is 302 Å². The third kappa shape index (κ3) is 49.4. The molecule has 0 aromatic carbocycles. The SMILES string of the molecule is CCCCCC/C=C\C/C=C\CCCCCCCCCC(=O)OCCCC/C=C\CCCCCCC(=O)NC(CO)C(O)CCCCCCCCCCCCCCCCCCCC. The second kappa shape index (κ2) is 52.7. The minimum Gasteiger partial charge on any atom is -0.466 e. The van der Waals surface area contributed by atoms with Gasteiger partial charge in [-0.15, -0.1) is 0 Å². The average Bonchev–Trinajstić information content (AvgIpc) is 3.28. The monoisotopic (exact) mass is 886 g/mol. The van der Waals surface area contributed by atoms with Crippen molar-refractivity contribution in [2.75, 3.05) is 13.2 Å². The molecule has 0 aliphatic carbocycles. The highest BCUT2D eigenvalue weighted by atomic mass is 16.5. The van der Waals surface area contributed by atoms with Gasteiger partial charge in [-0.2, -0.15) is 0 Å². The molecule has 1 amide bonds. The zero-order chi connectivity index (χ0) is 45.8. The second-order valence-corrected chi connectivity index (χ2v) is 18.9. The lowest BCUT2D eigenvalue weighted by Crippen LogP contribution is -2.45. The molecule has 370 valence electrons. The maximum atomic E-state index is 12.5. The molecule has 6 heteroatoms. The Labute approximate surface area is 392 Å². The van der Waals surface area contributed by atoms with E-state index in [0.717, 1.165) is 83.5 Å². The number of amides is 1. The van der Waals surface area contributed by atoms with Crippen LogP contribution in [0.15, 0.2) is 36.5 Å². The third-order valence-corrected chi connectivity index (χ3v) is 12.7. The van der Waals surface area contributed by atoms with Gasteiger partial charge in [-0.25, -0.2) is 0 Å². The van der Waals surface area contributed by atoms with E-state index < -0.39 is 12.1 Å². The number of hydrogen-bond acceptors (Lipinski definition) is 5. The van der Waals surface area contributed by atoms with Gasteiger partial charge in [0, 0.05) is 12.8 Å². The Balaban J connectivity index is 3.52. The van der Waals surface area contributed by atoms with Crippen molar-refractivity contribution in [3.8, 4) is 0 Å². The van der Waals surface area contributed by atoms with Gasteiger partial charge in [0.2, 0.25) is 5.91 Å². The number of nitrogens with one attached hydrogen (secondary N) is 1. The summed E-state index contributed by atoms with van der Waals surface area (Å²) in [7, 11) is 0. The summed E-state index contributed by atoms with van der Waals surface area (Å²) in [6.07, 6.45) is 64.1. The van der Waals surface area contributed by atoms with Crippen LogP contribution in [0.25, 0.3) is 0 Å². The maximum Gasteiger partial charge on any atom is 0.305 e. The van der Waals surface area contributed by atoms with E-state index in [1.165, 1.54) is 173 Å². The van der Waals surface area contributed by atoms with Gasteiger partial charge in [0.25, 0.3) is 0 Å². The smallest absolute Gasteiger partial charge is 0.305 e. The molecule has 0 heterocycles. The van der Waals surface area contributed by atoms with E-state index in [-0.39, 0.29) is 18.5 Å². The van der Waals surface area contributed by atoms with Crippen LogP contribution in [0, 0.1) is 0 Å². The summed E-state index contributed by atoms with van der Waals surface area (Å²) in [5, 5.41) is 23.3. The van der Waals surface area contributed by atoms with E-state index >= 15 is 0 Å². The van der Waals surface area contributed by atoms with Crippen LogP contribution in [0.5, 0.6) is 0 Å². The number of hydrogen-bond donors (Lipinski definition) is 3. The van der Waals surface area contributed by atoms with Gasteiger partial charge >= 0.3 is 5.97 Å².